The second kappa shape index (κ2) is 7.03. The minimum atomic E-state index is -4.32. The molecule has 1 aliphatic heterocycles. The third-order valence-corrected chi connectivity index (χ3v) is 3.83. The highest BCUT2D eigenvalue weighted by molar-refractivity contribution is 8.00. The second-order valence-electron chi connectivity index (χ2n) is 4.72. The molecule has 1 heterocycles. The Labute approximate surface area is 134 Å². The van der Waals surface area contributed by atoms with E-state index in [-0.39, 0.29) is 54.3 Å². The van der Waals surface area contributed by atoms with Gasteiger partial charge >= 0.3 is 5.51 Å². The number of carbonyl (C=O) groups excluding carboxylic acids is 3. The number of imide groups is 1. The smallest absolute Gasteiger partial charge is 0.351 e. The molecule has 0 aliphatic carbocycles. The summed E-state index contributed by atoms with van der Waals surface area (Å²) in [5.74, 6) is -1.38. The highest BCUT2D eigenvalue weighted by Crippen LogP contribution is 2.29. The number of thioether (sulfide) groups is 1. The van der Waals surface area contributed by atoms with Crippen molar-refractivity contribution in [2.75, 3.05) is 17.2 Å². The van der Waals surface area contributed by atoms with Crippen LogP contribution in [0.4, 0.5) is 18.9 Å². The van der Waals surface area contributed by atoms with Gasteiger partial charge in [-0.05, 0) is 36.0 Å². The van der Waals surface area contributed by atoms with E-state index in [9.17, 15) is 27.6 Å². The van der Waals surface area contributed by atoms with Crippen molar-refractivity contribution in [3.8, 4) is 0 Å². The summed E-state index contributed by atoms with van der Waals surface area (Å²) in [7, 11) is 0. The van der Waals surface area contributed by atoms with Gasteiger partial charge in [0, 0.05) is 30.7 Å². The lowest BCUT2D eigenvalue weighted by Crippen LogP contribution is -2.29. The molecule has 1 aromatic carbocycles. The fourth-order valence-electron chi connectivity index (χ4n) is 2.06. The number of halogens is 3. The van der Waals surface area contributed by atoms with Crippen LogP contribution in [0.5, 0.6) is 0 Å². The van der Waals surface area contributed by atoms with Gasteiger partial charge in [0.1, 0.15) is 0 Å². The zero-order valence-electron chi connectivity index (χ0n) is 11.9. The van der Waals surface area contributed by atoms with E-state index < -0.39 is 11.4 Å². The van der Waals surface area contributed by atoms with Crippen molar-refractivity contribution in [2.45, 2.75) is 18.3 Å². The van der Waals surface area contributed by atoms with Crippen molar-refractivity contribution in [1.82, 2.24) is 5.32 Å². The van der Waals surface area contributed by atoms with Crippen LogP contribution in [0.1, 0.15) is 23.2 Å². The molecule has 1 N–H and O–H groups in total. The molecule has 1 aliphatic rings. The molecule has 124 valence electrons. The van der Waals surface area contributed by atoms with Crippen molar-refractivity contribution in [3.05, 3.63) is 29.8 Å². The number of rotatable bonds is 5. The number of alkyl halides is 3. The molecule has 1 fully saturated rings. The van der Waals surface area contributed by atoms with Gasteiger partial charge in [-0.3, -0.25) is 19.3 Å². The van der Waals surface area contributed by atoms with Crippen LogP contribution in [-0.2, 0) is 9.59 Å². The van der Waals surface area contributed by atoms with Gasteiger partial charge in [0.2, 0.25) is 11.8 Å². The molecule has 0 spiro atoms. The second-order valence-corrected chi connectivity index (χ2v) is 5.88. The van der Waals surface area contributed by atoms with Crippen molar-refractivity contribution in [2.24, 2.45) is 0 Å². The average Bonchev–Trinajstić information content (AvgIpc) is 2.82. The molecule has 9 heteroatoms. The van der Waals surface area contributed by atoms with Gasteiger partial charge in [-0.25, -0.2) is 0 Å². The fourth-order valence-corrected chi connectivity index (χ4v) is 2.50. The summed E-state index contributed by atoms with van der Waals surface area (Å²) >= 11 is -0.206. The highest BCUT2D eigenvalue weighted by atomic mass is 32.2. The molecule has 0 aromatic heterocycles. The van der Waals surface area contributed by atoms with Crippen LogP contribution in [0.2, 0.25) is 0 Å². The van der Waals surface area contributed by atoms with E-state index in [0.29, 0.717) is 5.69 Å². The van der Waals surface area contributed by atoms with Crippen LogP contribution in [0.25, 0.3) is 0 Å². The van der Waals surface area contributed by atoms with Crippen LogP contribution in [0.15, 0.2) is 24.3 Å². The molecule has 0 radical (unpaired) electrons. The summed E-state index contributed by atoms with van der Waals surface area (Å²) in [6.07, 6.45) is 0.329. The minimum absolute atomic E-state index is 0.117. The predicted octanol–water partition coefficient (Wildman–Crippen LogP) is 2.32. The zero-order chi connectivity index (χ0) is 17.0. The summed E-state index contributed by atoms with van der Waals surface area (Å²) in [6.45, 7) is -0.117. The number of nitrogens with zero attached hydrogens (tertiary/aromatic N) is 1. The number of nitrogens with one attached hydrogen (secondary N) is 1. The van der Waals surface area contributed by atoms with E-state index in [0.717, 1.165) is 4.90 Å². The van der Waals surface area contributed by atoms with Gasteiger partial charge in [-0.1, -0.05) is 0 Å². The van der Waals surface area contributed by atoms with E-state index in [1.54, 1.807) is 0 Å². The molecule has 0 atom stereocenters. The van der Waals surface area contributed by atoms with E-state index in [1.165, 1.54) is 24.3 Å². The molecule has 23 heavy (non-hydrogen) atoms. The van der Waals surface area contributed by atoms with Crippen LogP contribution >= 0.6 is 11.8 Å². The molecule has 0 bridgehead atoms. The molecular weight excluding hydrogens is 333 g/mol. The highest BCUT2D eigenvalue weighted by Gasteiger charge is 2.30. The monoisotopic (exact) mass is 346 g/mol. The number of hydrogen-bond donors (Lipinski definition) is 1. The third kappa shape index (κ3) is 4.72. The van der Waals surface area contributed by atoms with Gasteiger partial charge in [0.15, 0.2) is 0 Å². The lowest BCUT2D eigenvalue weighted by Gasteiger charge is -2.14. The Morgan fingerprint density at radius 3 is 2.22 bits per heavy atom. The lowest BCUT2D eigenvalue weighted by molar-refractivity contribution is -0.121. The number of benzene rings is 1. The molecule has 3 amide bonds. The minimum Gasteiger partial charge on any atom is -0.351 e. The Balaban J connectivity index is 1.90. The maximum atomic E-state index is 11.9. The van der Waals surface area contributed by atoms with Crippen molar-refractivity contribution < 1.29 is 27.6 Å². The van der Waals surface area contributed by atoms with Crippen molar-refractivity contribution in [1.29, 1.82) is 0 Å². The summed E-state index contributed by atoms with van der Waals surface area (Å²) in [4.78, 5) is 36.0. The lowest BCUT2D eigenvalue weighted by atomic mass is 10.2. The van der Waals surface area contributed by atoms with Gasteiger partial charge < -0.3 is 5.32 Å². The van der Waals surface area contributed by atoms with Crippen LogP contribution < -0.4 is 10.2 Å². The maximum Gasteiger partial charge on any atom is 0.441 e. The molecule has 0 unspecified atom stereocenters. The third-order valence-electron chi connectivity index (χ3n) is 3.09. The van der Waals surface area contributed by atoms with Crippen LogP contribution in [0, 0.1) is 0 Å². The number of anilines is 1. The zero-order valence-corrected chi connectivity index (χ0v) is 12.7. The molecule has 1 saturated heterocycles. The molecule has 0 saturated carbocycles. The Hall–Kier alpha value is -2.03. The van der Waals surface area contributed by atoms with Gasteiger partial charge in [0.25, 0.3) is 5.91 Å². The SMILES string of the molecule is O=C(NCCSC(F)(F)F)c1ccc(N2C(=O)CCC2=O)cc1. The number of hydrogen-bond acceptors (Lipinski definition) is 4. The first-order valence-electron chi connectivity index (χ1n) is 6.72. The first-order valence-corrected chi connectivity index (χ1v) is 7.71. The Morgan fingerprint density at radius 2 is 1.70 bits per heavy atom. The maximum absolute atomic E-state index is 11.9. The van der Waals surface area contributed by atoms with Crippen LogP contribution in [0.3, 0.4) is 0 Å². The summed E-state index contributed by atoms with van der Waals surface area (Å²) in [5, 5.41) is 2.37. The molecule has 5 nitrogen and oxygen atoms in total. The quantitative estimate of drug-likeness (QED) is 0.656. The predicted molar refractivity (Wildman–Crippen MR) is 79.0 cm³/mol. The Morgan fingerprint density at radius 1 is 1.13 bits per heavy atom. The number of amides is 3. The van der Waals surface area contributed by atoms with Gasteiger partial charge in [-0.2, -0.15) is 13.2 Å². The summed E-state index contributed by atoms with van der Waals surface area (Å²) < 4.78 is 35.8. The van der Waals surface area contributed by atoms with Gasteiger partial charge in [0.05, 0.1) is 5.69 Å². The Kier molecular flexibility index (Phi) is 5.30. The average molecular weight is 346 g/mol. The summed E-state index contributed by atoms with van der Waals surface area (Å²) in [6, 6.07) is 5.75. The van der Waals surface area contributed by atoms with E-state index in [4.69, 9.17) is 0 Å². The van der Waals surface area contributed by atoms with E-state index in [2.05, 4.69) is 5.32 Å². The fraction of sp³-hybridized carbons (Fsp3) is 0.357. The van der Waals surface area contributed by atoms with E-state index in [1.807, 2.05) is 0 Å². The normalized spacial score (nSPS) is 15.2. The molecule has 1 aromatic rings. The van der Waals surface area contributed by atoms with Gasteiger partial charge in [-0.15, -0.1) is 0 Å². The standard InChI is InChI=1S/C14H13F3N2O3S/c15-14(16,17)23-8-7-18-13(22)9-1-3-10(4-2-9)19-11(20)5-6-12(19)21/h1-4H,5-8H2,(H,18,22). The topological polar surface area (TPSA) is 66.5 Å². The Bertz CT molecular complexity index is 601. The molecular formula is C14H13F3N2O3S. The van der Waals surface area contributed by atoms with Crippen molar-refractivity contribution >= 4 is 35.2 Å². The summed E-state index contributed by atoms with van der Waals surface area (Å²) in [5.41, 5.74) is -3.70. The first-order chi connectivity index (χ1) is 10.8. The first kappa shape index (κ1) is 17.3. The van der Waals surface area contributed by atoms with Crippen LogP contribution in [-0.4, -0.2) is 35.5 Å². The molecule has 2 rings (SSSR count). The largest absolute Gasteiger partial charge is 0.441 e. The van der Waals surface area contributed by atoms with Crippen molar-refractivity contribution in [3.63, 3.8) is 0 Å². The number of carbonyl (C=O) groups is 3. The van der Waals surface area contributed by atoms with E-state index >= 15 is 0 Å².